The highest BCUT2D eigenvalue weighted by Gasteiger charge is 2.43. The summed E-state index contributed by atoms with van der Waals surface area (Å²) in [4.78, 5) is 12.3. The van der Waals surface area contributed by atoms with Crippen LogP contribution in [0.1, 0.15) is 24.8 Å². The van der Waals surface area contributed by atoms with Crippen molar-refractivity contribution in [1.82, 2.24) is 9.88 Å². The second-order valence-corrected chi connectivity index (χ2v) is 7.07. The van der Waals surface area contributed by atoms with E-state index < -0.39 is 0 Å². The van der Waals surface area contributed by atoms with Gasteiger partial charge in [-0.25, -0.2) is 0 Å². The Labute approximate surface area is 152 Å². The minimum Gasteiger partial charge on any atom is -0.438 e. The molecule has 0 amide bonds. The molecule has 1 aromatic carbocycles. The van der Waals surface area contributed by atoms with Crippen molar-refractivity contribution >= 4 is 17.5 Å². The third-order valence-electron chi connectivity index (χ3n) is 4.75. The molecule has 0 bridgehead atoms. The van der Waals surface area contributed by atoms with Gasteiger partial charge in [0.1, 0.15) is 11.4 Å². The molecule has 0 aliphatic carbocycles. The van der Waals surface area contributed by atoms with Gasteiger partial charge >= 0.3 is 0 Å². The molecule has 5 nitrogen and oxygen atoms in total. The number of aromatic nitrogens is 1. The summed E-state index contributed by atoms with van der Waals surface area (Å²) in [5.41, 5.74) is 1.02. The second kappa shape index (κ2) is 7.02. The number of benzene rings is 1. The van der Waals surface area contributed by atoms with Gasteiger partial charge in [-0.3, -0.25) is 9.88 Å². The molecule has 0 N–H and O–H groups in total. The van der Waals surface area contributed by atoms with Crippen molar-refractivity contribution < 1.29 is 9.57 Å². The smallest absolute Gasteiger partial charge is 0.235 e. The lowest BCUT2D eigenvalue weighted by atomic mass is 9.88. The van der Waals surface area contributed by atoms with Crippen molar-refractivity contribution in [2.24, 2.45) is 5.16 Å². The molecule has 1 saturated heterocycles. The lowest BCUT2D eigenvalue weighted by Crippen LogP contribution is -2.44. The van der Waals surface area contributed by atoms with Crippen molar-refractivity contribution in [1.29, 1.82) is 0 Å². The van der Waals surface area contributed by atoms with E-state index >= 15 is 0 Å². The van der Waals surface area contributed by atoms with E-state index in [9.17, 15) is 0 Å². The zero-order chi connectivity index (χ0) is 17.1. The van der Waals surface area contributed by atoms with Gasteiger partial charge in [0, 0.05) is 43.7 Å². The molecular formula is C19H20ClN3O2. The minimum absolute atomic E-state index is 0.220. The molecule has 0 unspecified atom stereocenters. The van der Waals surface area contributed by atoms with Crippen molar-refractivity contribution in [3.8, 4) is 5.75 Å². The van der Waals surface area contributed by atoms with Crippen LogP contribution in [0.4, 0.5) is 0 Å². The van der Waals surface area contributed by atoms with E-state index in [2.05, 4.69) is 21.1 Å². The van der Waals surface area contributed by atoms with E-state index in [1.807, 2.05) is 30.3 Å². The number of rotatable bonds is 3. The van der Waals surface area contributed by atoms with Crippen LogP contribution in [0.2, 0.25) is 5.02 Å². The summed E-state index contributed by atoms with van der Waals surface area (Å²) in [7, 11) is 0. The maximum absolute atomic E-state index is 6.07. The molecule has 1 spiro atoms. The number of likely N-dealkylation sites (tertiary alicyclic amines) is 1. The van der Waals surface area contributed by atoms with E-state index in [0.717, 1.165) is 37.5 Å². The highest BCUT2D eigenvalue weighted by Crippen LogP contribution is 2.35. The summed E-state index contributed by atoms with van der Waals surface area (Å²) in [6.45, 7) is 2.86. The maximum Gasteiger partial charge on any atom is 0.235 e. The van der Waals surface area contributed by atoms with Crippen LogP contribution >= 0.6 is 11.6 Å². The number of oxime groups is 1. The summed E-state index contributed by atoms with van der Waals surface area (Å²) >= 11 is 6.07. The zero-order valence-corrected chi connectivity index (χ0v) is 14.7. The first-order valence-corrected chi connectivity index (χ1v) is 8.88. The van der Waals surface area contributed by atoms with Gasteiger partial charge in [0.05, 0.1) is 12.6 Å². The fraction of sp³-hybridized carbons (Fsp3) is 0.368. The fourth-order valence-corrected chi connectivity index (χ4v) is 3.58. The fourth-order valence-electron chi connectivity index (χ4n) is 3.37. The SMILES string of the molecule is Clc1cccc(CN2CCC3(CC2)CC(Oc2cccnc2)=NO3)c1. The quantitative estimate of drug-likeness (QED) is 0.836. The predicted molar refractivity (Wildman–Crippen MR) is 96.7 cm³/mol. The van der Waals surface area contributed by atoms with Crippen molar-refractivity contribution in [2.75, 3.05) is 13.1 Å². The van der Waals surface area contributed by atoms with Crippen LogP contribution in [0.5, 0.6) is 5.75 Å². The minimum atomic E-state index is -0.220. The van der Waals surface area contributed by atoms with Crippen LogP contribution in [0.3, 0.4) is 0 Å². The molecule has 6 heteroatoms. The summed E-state index contributed by atoms with van der Waals surface area (Å²) in [5.74, 6) is 1.33. The van der Waals surface area contributed by atoms with Gasteiger partial charge in [-0.15, -0.1) is 0 Å². The van der Waals surface area contributed by atoms with E-state index in [-0.39, 0.29) is 5.60 Å². The number of hydrogen-bond acceptors (Lipinski definition) is 5. The van der Waals surface area contributed by atoms with Crippen molar-refractivity contribution in [2.45, 2.75) is 31.4 Å². The summed E-state index contributed by atoms with van der Waals surface area (Å²) in [6.07, 6.45) is 6.00. The van der Waals surface area contributed by atoms with Gasteiger partial charge in [0.15, 0.2) is 0 Å². The number of halogens is 1. The molecule has 3 heterocycles. The first-order valence-electron chi connectivity index (χ1n) is 8.51. The van der Waals surface area contributed by atoms with Gasteiger partial charge in [-0.1, -0.05) is 28.9 Å². The number of pyridine rings is 1. The molecule has 2 aliphatic rings. The van der Waals surface area contributed by atoms with Crippen LogP contribution in [0.25, 0.3) is 0 Å². The Morgan fingerprint density at radius 2 is 2.08 bits per heavy atom. The van der Waals surface area contributed by atoms with E-state index in [1.165, 1.54) is 5.56 Å². The lowest BCUT2D eigenvalue weighted by molar-refractivity contribution is -0.0627. The average Bonchev–Trinajstić information content (AvgIpc) is 3.01. The van der Waals surface area contributed by atoms with Gasteiger partial charge in [0.25, 0.3) is 0 Å². The van der Waals surface area contributed by atoms with E-state index in [1.54, 1.807) is 12.4 Å². The van der Waals surface area contributed by atoms with E-state index in [4.69, 9.17) is 21.2 Å². The molecule has 4 rings (SSSR count). The molecular weight excluding hydrogens is 338 g/mol. The summed E-state index contributed by atoms with van der Waals surface area (Å²) in [5, 5.41) is 4.95. The number of nitrogens with zero attached hydrogens (tertiary/aromatic N) is 3. The van der Waals surface area contributed by atoms with E-state index in [0.29, 0.717) is 18.1 Å². The molecule has 1 aromatic heterocycles. The third-order valence-corrected chi connectivity index (χ3v) is 4.98. The van der Waals surface area contributed by atoms with Crippen LogP contribution in [0.15, 0.2) is 53.9 Å². The predicted octanol–water partition coefficient (Wildman–Crippen LogP) is 3.88. The Kier molecular flexibility index (Phi) is 4.59. The Hall–Kier alpha value is -2.11. The van der Waals surface area contributed by atoms with Gasteiger partial charge in [-0.05, 0) is 29.8 Å². The zero-order valence-electron chi connectivity index (χ0n) is 13.9. The Morgan fingerprint density at radius 1 is 1.20 bits per heavy atom. The van der Waals surface area contributed by atoms with Gasteiger partial charge in [-0.2, -0.15) is 0 Å². The Bertz CT molecular complexity index is 758. The first-order chi connectivity index (χ1) is 12.2. The van der Waals surface area contributed by atoms with Crippen molar-refractivity contribution in [3.05, 3.63) is 59.4 Å². The largest absolute Gasteiger partial charge is 0.438 e. The lowest BCUT2D eigenvalue weighted by Gasteiger charge is -2.37. The molecule has 0 saturated carbocycles. The maximum atomic E-state index is 6.07. The standard InChI is InChI=1S/C19H20ClN3O2/c20-16-4-1-3-15(11-16)14-23-9-6-19(7-10-23)12-18(22-25-19)24-17-5-2-8-21-13-17/h1-5,8,11,13H,6-7,9-10,12,14H2. The molecule has 0 atom stereocenters. The van der Waals surface area contributed by atoms with Gasteiger partial charge in [0.2, 0.25) is 5.90 Å². The monoisotopic (exact) mass is 357 g/mol. The van der Waals surface area contributed by atoms with Crippen LogP contribution < -0.4 is 4.74 Å². The van der Waals surface area contributed by atoms with Crippen molar-refractivity contribution in [3.63, 3.8) is 0 Å². The molecule has 2 aliphatic heterocycles. The summed E-state index contributed by atoms with van der Waals surface area (Å²) < 4.78 is 5.77. The molecule has 130 valence electrons. The number of piperidine rings is 1. The highest BCUT2D eigenvalue weighted by atomic mass is 35.5. The van der Waals surface area contributed by atoms with Crippen LogP contribution in [-0.4, -0.2) is 34.5 Å². The molecule has 1 fully saturated rings. The first kappa shape index (κ1) is 16.4. The normalized spacial score (nSPS) is 19.5. The highest BCUT2D eigenvalue weighted by molar-refractivity contribution is 6.30. The van der Waals surface area contributed by atoms with Crippen LogP contribution in [0, 0.1) is 0 Å². The Morgan fingerprint density at radius 3 is 2.84 bits per heavy atom. The topological polar surface area (TPSA) is 47.0 Å². The summed E-state index contributed by atoms with van der Waals surface area (Å²) in [6, 6.07) is 11.8. The molecule has 25 heavy (non-hydrogen) atoms. The number of hydrogen-bond donors (Lipinski definition) is 0. The Balaban J connectivity index is 1.30. The number of ether oxygens (including phenoxy) is 1. The third kappa shape index (κ3) is 3.94. The van der Waals surface area contributed by atoms with Crippen LogP contribution in [-0.2, 0) is 11.4 Å². The molecule has 0 radical (unpaired) electrons. The van der Waals surface area contributed by atoms with Gasteiger partial charge < -0.3 is 9.57 Å². The average molecular weight is 358 g/mol. The molecule has 2 aromatic rings. The second-order valence-electron chi connectivity index (χ2n) is 6.63.